The molecule has 1 aliphatic rings. The number of amides is 1. The predicted octanol–water partition coefficient (Wildman–Crippen LogP) is 5.18. The van der Waals surface area contributed by atoms with Crippen molar-refractivity contribution in [3.8, 4) is 0 Å². The summed E-state index contributed by atoms with van der Waals surface area (Å²) in [6.45, 7) is 9.92. The summed E-state index contributed by atoms with van der Waals surface area (Å²) in [5.41, 5.74) is 9.73. The van der Waals surface area contributed by atoms with Gasteiger partial charge in [-0.1, -0.05) is 46.7 Å². The number of aromatic nitrogens is 3. The van der Waals surface area contributed by atoms with Gasteiger partial charge >= 0.3 is 5.97 Å². The van der Waals surface area contributed by atoms with Crippen molar-refractivity contribution in [3.63, 3.8) is 0 Å². The number of carbonyl (C=O) groups excluding carboxylic acids is 1. The largest absolute Gasteiger partial charge is 0.481 e. The molecule has 7 nitrogen and oxygen atoms in total. The Morgan fingerprint density at radius 2 is 1.76 bits per heavy atom. The first kappa shape index (κ1) is 24.7. The molecule has 0 radical (unpaired) electrons. The van der Waals surface area contributed by atoms with Gasteiger partial charge in [-0.15, -0.1) is 5.10 Å². The number of carbonyl (C=O) groups is 2. The summed E-state index contributed by atoms with van der Waals surface area (Å²) in [5, 5.41) is 18.4. The molecule has 1 aliphatic heterocycles. The number of aliphatic carboxylic acids is 1. The van der Waals surface area contributed by atoms with Crippen LogP contribution < -0.4 is 0 Å². The summed E-state index contributed by atoms with van der Waals surface area (Å²) in [7, 11) is 0. The van der Waals surface area contributed by atoms with E-state index in [9.17, 15) is 14.7 Å². The molecule has 190 valence electrons. The van der Waals surface area contributed by atoms with Gasteiger partial charge in [-0.3, -0.25) is 9.59 Å². The van der Waals surface area contributed by atoms with Crippen LogP contribution in [0.2, 0.25) is 0 Å². The summed E-state index contributed by atoms with van der Waals surface area (Å²) in [6, 6.07) is 16.2. The number of fused-ring (bicyclic) bond motifs is 2. The predicted molar refractivity (Wildman–Crippen MR) is 143 cm³/mol. The first-order valence-corrected chi connectivity index (χ1v) is 12.8. The third-order valence-electron chi connectivity index (χ3n) is 7.44. The molecule has 5 rings (SSSR count). The van der Waals surface area contributed by atoms with E-state index in [2.05, 4.69) is 28.5 Å². The van der Waals surface area contributed by atoms with Crippen LogP contribution in [-0.4, -0.2) is 43.4 Å². The van der Waals surface area contributed by atoms with Crippen LogP contribution in [-0.2, 0) is 24.3 Å². The first-order chi connectivity index (χ1) is 17.7. The van der Waals surface area contributed by atoms with Gasteiger partial charge in [0.1, 0.15) is 5.52 Å². The molecule has 0 saturated heterocycles. The van der Waals surface area contributed by atoms with E-state index >= 15 is 0 Å². The quantitative estimate of drug-likeness (QED) is 0.397. The van der Waals surface area contributed by atoms with Gasteiger partial charge in [0.05, 0.1) is 11.9 Å². The van der Waals surface area contributed by atoms with Gasteiger partial charge in [-0.25, -0.2) is 4.68 Å². The van der Waals surface area contributed by atoms with Crippen molar-refractivity contribution in [1.29, 1.82) is 0 Å². The van der Waals surface area contributed by atoms with Crippen molar-refractivity contribution in [1.82, 2.24) is 19.9 Å². The molecule has 1 atom stereocenters. The summed E-state index contributed by atoms with van der Waals surface area (Å²) in [6.07, 6.45) is 0.749. The van der Waals surface area contributed by atoms with E-state index in [1.807, 2.05) is 67.6 Å². The van der Waals surface area contributed by atoms with E-state index in [1.165, 1.54) is 5.56 Å². The normalized spacial score (nSPS) is 14.0. The van der Waals surface area contributed by atoms with E-state index < -0.39 is 5.97 Å². The Labute approximate surface area is 216 Å². The lowest BCUT2D eigenvalue weighted by Crippen LogP contribution is -2.36. The summed E-state index contributed by atoms with van der Waals surface area (Å²) < 4.78 is 1.85. The first-order valence-electron chi connectivity index (χ1n) is 12.8. The van der Waals surface area contributed by atoms with Crippen molar-refractivity contribution in [3.05, 3.63) is 93.0 Å². The van der Waals surface area contributed by atoms with Crippen LogP contribution in [0.1, 0.15) is 68.6 Å². The molecule has 4 aromatic rings. The lowest BCUT2D eigenvalue weighted by Gasteiger charge is -2.30. The fourth-order valence-electron chi connectivity index (χ4n) is 5.62. The zero-order chi connectivity index (χ0) is 26.3. The van der Waals surface area contributed by atoms with Gasteiger partial charge in [0.25, 0.3) is 5.91 Å². The average Bonchev–Trinajstić information content (AvgIpc) is 3.30. The Hall–Kier alpha value is -4.00. The smallest absolute Gasteiger partial charge is 0.304 e. The zero-order valence-electron chi connectivity index (χ0n) is 21.8. The molecule has 0 unspecified atom stereocenters. The maximum Gasteiger partial charge on any atom is 0.304 e. The van der Waals surface area contributed by atoms with Gasteiger partial charge in [-0.2, -0.15) is 0 Å². The lowest BCUT2D eigenvalue weighted by molar-refractivity contribution is -0.137. The molecule has 0 spiro atoms. The highest BCUT2D eigenvalue weighted by atomic mass is 16.4. The number of carboxylic acids is 1. The molecule has 7 heteroatoms. The number of nitrogens with zero attached hydrogens (tertiary/aromatic N) is 4. The highest BCUT2D eigenvalue weighted by Gasteiger charge is 2.26. The maximum atomic E-state index is 13.3. The summed E-state index contributed by atoms with van der Waals surface area (Å²) in [5.74, 6) is -1.15. The minimum absolute atomic E-state index is 0.0295. The molecule has 3 aromatic carbocycles. The lowest BCUT2D eigenvalue weighted by atomic mass is 9.83. The summed E-state index contributed by atoms with van der Waals surface area (Å²) in [4.78, 5) is 27.2. The van der Waals surface area contributed by atoms with E-state index in [1.54, 1.807) is 0 Å². The van der Waals surface area contributed by atoms with Crippen LogP contribution in [0.4, 0.5) is 0 Å². The topological polar surface area (TPSA) is 88.3 Å². The molecule has 37 heavy (non-hydrogen) atoms. The highest BCUT2D eigenvalue weighted by molar-refractivity contribution is 5.94. The number of rotatable bonds is 6. The minimum atomic E-state index is -0.856. The van der Waals surface area contributed by atoms with Crippen LogP contribution >= 0.6 is 0 Å². The number of hydrogen-bond donors (Lipinski definition) is 1. The number of aryl methyl sites for hydroxylation is 4. The van der Waals surface area contributed by atoms with E-state index in [4.69, 9.17) is 0 Å². The average molecular weight is 497 g/mol. The highest BCUT2D eigenvalue weighted by Crippen LogP contribution is 2.35. The molecule has 1 amide bonds. The third kappa shape index (κ3) is 4.73. The Kier molecular flexibility index (Phi) is 6.54. The maximum absolute atomic E-state index is 13.3. The Balaban J connectivity index is 1.49. The fraction of sp³-hybridized carbons (Fsp3) is 0.333. The van der Waals surface area contributed by atoms with Crippen molar-refractivity contribution >= 4 is 22.9 Å². The van der Waals surface area contributed by atoms with Crippen LogP contribution in [0.3, 0.4) is 0 Å². The molecular formula is C30H32N4O3. The second kappa shape index (κ2) is 9.81. The van der Waals surface area contributed by atoms with Gasteiger partial charge in [0, 0.05) is 31.1 Å². The number of carboxylic acid groups (broad SMARTS) is 1. The Bertz CT molecular complexity index is 1500. The van der Waals surface area contributed by atoms with Gasteiger partial charge in [-0.05, 0) is 80.1 Å². The third-order valence-corrected chi connectivity index (χ3v) is 7.44. The van der Waals surface area contributed by atoms with Crippen LogP contribution in [0, 0.1) is 20.8 Å². The molecule has 0 fully saturated rings. The monoisotopic (exact) mass is 496 g/mol. The second-order valence-electron chi connectivity index (χ2n) is 10.1. The zero-order valence-corrected chi connectivity index (χ0v) is 21.8. The molecule has 0 bridgehead atoms. The van der Waals surface area contributed by atoms with Crippen LogP contribution in [0.15, 0.2) is 48.5 Å². The van der Waals surface area contributed by atoms with Crippen molar-refractivity contribution in [2.75, 3.05) is 6.54 Å². The van der Waals surface area contributed by atoms with E-state index in [0.29, 0.717) is 18.7 Å². The minimum Gasteiger partial charge on any atom is -0.481 e. The van der Waals surface area contributed by atoms with E-state index in [-0.39, 0.29) is 18.2 Å². The summed E-state index contributed by atoms with van der Waals surface area (Å²) >= 11 is 0. The van der Waals surface area contributed by atoms with Crippen LogP contribution in [0.25, 0.3) is 11.0 Å². The Morgan fingerprint density at radius 3 is 2.46 bits per heavy atom. The van der Waals surface area contributed by atoms with E-state index in [0.717, 1.165) is 57.4 Å². The molecule has 0 aliphatic carbocycles. The van der Waals surface area contributed by atoms with Crippen LogP contribution in [0.5, 0.6) is 0 Å². The van der Waals surface area contributed by atoms with Gasteiger partial charge in [0.2, 0.25) is 0 Å². The molecular weight excluding hydrogens is 464 g/mol. The molecule has 0 saturated carbocycles. The fourth-order valence-corrected chi connectivity index (χ4v) is 5.62. The second-order valence-corrected chi connectivity index (χ2v) is 10.1. The van der Waals surface area contributed by atoms with Gasteiger partial charge in [0.15, 0.2) is 0 Å². The van der Waals surface area contributed by atoms with Gasteiger partial charge < -0.3 is 10.0 Å². The van der Waals surface area contributed by atoms with Crippen molar-refractivity contribution < 1.29 is 14.7 Å². The van der Waals surface area contributed by atoms with Crippen molar-refractivity contribution in [2.24, 2.45) is 0 Å². The molecule has 1 aromatic heterocycles. The number of hydrogen-bond acceptors (Lipinski definition) is 4. The molecule has 2 heterocycles. The SMILES string of the molecule is CCn1nnc2c(C)c([C@@H](CC(=O)O)c3ccc4c(c3)CN(C(=O)c3cc(C)cc(C)c3)CC4)ccc21. The Morgan fingerprint density at radius 1 is 1.00 bits per heavy atom. The van der Waals surface area contributed by atoms with Crippen molar-refractivity contribution in [2.45, 2.75) is 59.5 Å². The standard InChI is InChI=1S/C30H32N4O3/c1-5-34-27-9-8-25(20(4)29(27)31-32-34)26(16-28(35)36)22-7-6-21-10-11-33(17-24(21)15-22)30(37)23-13-18(2)12-19(3)14-23/h6-9,12-15,26H,5,10-11,16-17H2,1-4H3,(H,35,36)/t26-/m0/s1. The molecule has 1 N–H and O–H groups in total. The number of benzene rings is 3.